The van der Waals surface area contributed by atoms with E-state index in [1.54, 1.807) is 24.3 Å². The number of hydrogen-bond donors (Lipinski definition) is 1. The number of sulfonamides is 1. The van der Waals surface area contributed by atoms with E-state index in [0.29, 0.717) is 12.1 Å². The Morgan fingerprint density at radius 2 is 1.61 bits per heavy atom. The van der Waals surface area contributed by atoms with Gasteiger partial charge < -0.3 is 5.32 Å². The minimum Gasteiger partial charge on any atom is -0.348 e. The lowest BCUT2D eigenvalue weighted by Gasteiger charge is -2.31. The molecule has 0 radical (unpaired) electrons. The van der Waals surface area contributed by atoms with Gasteiger partial charge in [-0.05, 0) is 68.5 Å². The van der Waals surface area contributed by atoms with Gasteiger partial charge in [-0.15, -0.1) is 0 Å². The van der Waals surface area contributed by atoms with Gasteiger partial charge >= 0.3 is 0 Å². The highest BCUT2D eigenvalue weighted by Crippen LogP contribution is 2.25. The van der Waals surface area contributed by atoms with Crippen molar-refractivity contribution >= 4 is 21.6 Å². The normalized spacial score (nSPS) is 13.6. The van der Waals surface area contributed by atoms with E-state index in [2.05, 4.69) is 24.4 Å². The van der Waals surface area contributed by atoms with Crippen LogP contribution in [0.1, 0.15) is 48.6 Å². The zero-order valence-corrected chi connectivity index (χ0v) is 18.3. The molecule has 0 saturated heterocycles. The third kappa shape index (κ3) is 4.93. The lowest BCUT2D eigenvalue weighted by molar-refractivity contribution is -0.122. The van der Waals surface area contributed by atoms with Gasteiger partial charge in [-0.1, -0.05) is 37.3 Å². The average molecular weight is 403 g/mol. The van der Waals surface area contributed by atoms with Gasteiger partial charge in [-0.25, -0.2) is 8.42 Å². The molecule has 2 aromatic carbocycles. The van der Waals surface area contributed by atoms with Crippen LogP contribution < -0.4 is 9.62 Å². The second-order valence-electron chi connectivity index (χ2n) is 7.34. The van der Waals surface area contributed by atoms with Crippen LogP contribution >= 0.6 is 0 Å². The lowest BCUT2D eigenvalue weighted by Crippen LogP contribution is -2.49. The van der Waals surface area contributed by atoms with E-state index in [4.69, 9.17) is 0 Å². The summed E-state index contributed by atoms with van der Waals surface area (Å²) in [6.45, 7) is 9.87. The quantitative estimate of drug-likeness (QED) is 0.760. The van der Waals surface area contributed by atoms with Crippen molar-refractivity contribution in [2.45, 2.75) is 53.1 Å². The molecular weight excluding hydrogens is 372 g/mol. The van der Waals surface area contributed by atoms with Crippen LogP contribution in [-0.4, -0.2) is 26.6 Å². The number of para-hydroxylation sites is 1. The number of hydrogen-bond acceptors (Lipinski definition) is 3. The SMILES string of the molecule is CC[C@H](C(=O)N[C@H](C)c1cc(C)c(C)cc1C)N(c1ccccc1)S(C)(=O)=O. The van der Waals surface area contributed by atoms with Crippen molar-refractivity contribution in [1.82, 2.24) is 5.32 Å². The molecule has 0 aliphatic heterocycles. The number of nitrogens with one attached hydrogen (secondary N) is 1. The molecule has 1 N–H and O–H groups in total. The number of carbonyl (C=O) groups is 1. The smallest absolute Gasteiger partial charge is 0.244 e. The van der Waals surface area contributed by atoms with Crippen LogP contribution in [0.4, 0.5) is 5.69 Å². The predicted octanol–water partition coefficient (Wildman–Crippen LogP) is 4.03. The number of amides is 1. The molecule has 2 atom stereocenters. The summed E-state index contributed by atoms with van der Waals surface area (Å²) in [6, 6.07) is 11.9. The molecular formula is C22H30N2O3S. The second-order valence-corrected chi connectivity index (χ2v) is 9.20. The van der Waals surface area contributed by atoms with E-state index >= 15 is 0 Å². The third-order valence-electron chi connectivity index (χ3n) is 5.05. The minimum absolute atomic E-state index is 0.224. The largest absolute Gasteiger partial charge is 0.348 e. The van der Waals surface area contributed by atoms with Crippen LogP contribution in [-0.2, 0) is 14.8 Å². The highest BCUT2D eigenvalue weighted by molar-refractivity contribution is 7.92. The number of carbonyl (C=O) groups excluding carboxylic acids is 1. The zero-order valence-electron chi connectivity index (χ0n) is 17.5. The summed E-state index contributed by atoms with van der Waals surface area (Å²) in [5.41, 5.74) is 5.00. The number of nitrogens with zero attached hydrogens (tertiary/aromatic N) is 1. The number of aryl methyl sites for hydroxylation is 3. The zero-order chi connectivity index (χ0) is 21.1. The first kappa shape index (κ1) is 22.0. The van der Waals surface area contributed by atoms with Crippen molar-refractivity contribution in [2.24, 2.45) is 0 Å². The van der Waals surface area contributed by atoms with Crippen molar-refractivity contribution in [3.05, 3.63) is 64.7 Å². The summed E-state index contributed by atoms with van der Waals surface area (Å²) in [6.07, 6.45) is 1.50. The molecule has 1 amide bonds. The first-order valence-electron chi connectivity index (χ1n) is 9.48. The Morgan fingerprint density at radius 3 is 2.14 bits per heavy atom. The van der Waals surface area contributed by atoms with Gasteiger partial charge in [0.15, 0.2) is 0 Å². The number of benzene rings is 2. The van der Waals surface area contributed by atoms with E-state index in [0.717, 1.165) is 22.9 Å². The van der Waals surface area contributed by atoms with Gasteiger partial charge in [0.25, 0.3) is 0 Å². The Hall–Kier alpha value is -2.34. The van der Waals surface area contributed by atoms with Crippen LogP contribution in [0.2, 0.25) is 0 Å². The highest BCUT2D eigenvalue weighted by Gasteiger charge is 2.32. The first-order chi connectivity index (χ1) is 13.1. The van der Waals surface area contributed by atoms with Gasteiger partial charge in [0, 0.05) is 0 Å². The van der Waals surface area contributed by atoms with Gasteiger partial charge in [-0.2, -0.15) is 0 Å². The third-order valence-corrected chi connectivity index (χ3v) is 6.23. The monoisotopic (exact) mass is 402 g/mol. The summed E-state index contributed by atoms with van der Waals surface area (Å²) in [5.74, 6) is -0.304. The average Bonchev–Trinajstić information content (AvgIpc) is 2.61. The number of rotatable bonds is 7. The summed E-state index contributed by atoms with van der Waals surface area (Å²) < 4.78 is 26.2. The van der Waals surface area contributed by atoms with Gasteiger partial charge in [0.2, 0.25) is 15.9 Å². The van der Waals surface area contributed by atoms with Crippen LogP contribution in [0.25, 0.3) is 0 Å². The Bertz CT molecular complexity index is 940. The second kappa shape index (κ2) is 8.78. The molecule has 0 bridgehead atoms. The van der Waals surface area contributed by atoms with Crippen molar-refractivity contribution < 1.29 is 13.2 Å². The molecule has 0 fully saturated rings. The van der Waals surface area contributed by atoms with Gasteiger partial charge in [-0.3, -0.25) is 9.10 Å². The van der Waals surface area contributed by atoms with Crippen molar-refractivity contribution in [3.63, 3.8) is 0 Å². The van der Waals surface area contributed by atoms with E-state index < -0.39 is 16.1 Å². The maximum Gasteiger partial charge on any atom is 0.244 e. The fraction of sp³-hybridized carbons (Fsp3) is 0.409. The molecule has 28 heavy (non-hydrogen) atoms. The van der Waals surface area contributed by atoms with E-state index in [-0.39, 0.29) is 11.9 Å². The lowest BCUT2D eigenvalue weighted by atomic mass is 9.96. The summed E-state index contributed by atoms with van der Waals surface area (Å²) >= 11 is 0. The Morgan fingerprint density at radius 1 is 1.04 bits per heavy atom. The van der Waals surface area contributed by atoms with Crippen LogP contribution in [0.3, 0.4) is 0 Å². The Kier molecular flexibility index (Phi) is 6.88. The molecule has 2 aromatic rings. The maximum atomic E-state index is 13.1. The molecule has 0 unspecified atom stereocenters. The van der Waals surface area contributed by atoms with Gasteiger partial charge in [0.05, 0.1) is 18.0 Å². The molecule has 0 heterocycles. The van der Waals surface area contributed by atoms with E-state index in [1.165, 1.54) is 9.87 Å². The standard InChI is InChI=1S/C22H30N2O3S/c1-7-21(24(28(6,26)27)19-11-9-8-10-12-19)22(25)23-18(5)20-14-16(3)15(2)13-17(20)4/h8-14,18,21H,7H2,1-6H3,(H,23,25)/t18-,21-/m1/s1. The fourth-order valence-corrected chi connectivity index (χ4v) is 4.68. The van der Waals surface area contributed by atoms with E-state index in [1.807, 2.05) is 33.8 Å². The maximum absolute atomic E-state index is 13.1. The fourth-order valence-electron chi connectivity index (χ4n) is 3.47. The molecule has 5 nitrogen and oxygen atoms in total. The number of anilines is 1. The predicted molar refractivity (Wildman–Crippen MR) is 115 cm³/mol. The van der Waals surface area contributed by atoms with Crippen LogP contribution in [0.15, 0.2) is 42.5 Å². The van der Waals surface area contributed by atoms with Crippen molar-refractivity contribution in [3.8, 4) is 0 Å². The highest BCUT2D eigenvalue weighted by atomic mass is 32.2. The Labute approximate surface area is 168 Å². The molecule has 6 heteroatoms. The van der Waals surface area contributed by atoms with Gasteiger partial charge in [0.1, 0.15) is 6.04 Å². The van der Waals surface area contributed by atoms with Crippen LogP contribution in [0.5, 0.6) is 0 Å². The summed E-state index contributed by atoms with van der Waals surface area (Å²) in [4.78, 5) is 13.1. The first-order valence-corrected chi connectivity index (χ1v) is 11.3. The minimum atomic E-state index is -3.62. The van der Waals surface area contributed by atoms with Crippen LogP contribution in [0, 0.1) is 20.8 Å². The molecule has 0 aliphatic carbocycles. The molecule has 0 aromatic heterocycles. The molecule has 0 aliphatic rings. The van der Waals surface area contributed by atoms with Crippen molar-refractivity contribution in [2.75, 3.05) is 10.6 Å². The van der Waals surface area contributed by atoms with E-state index in [9.17, 15) is 13.2 Å². The summed E-state index contributed by atoms with van der Waals surface area (Å²) in [5, 5.41) is 3.01. The topological polar surface area (TPSA) is 66.5 Å². The molecule has 0 spiro atoms. The Balaban J connectivity index is 2.33. The molecule has 2 rings (SSSR count). The van der Waals surface area contributed by atoms with Crippen molar-refractivity contribution in [1.29, 1.82) is 0 Å². The summed E-state index contributed by atoms with van der Waals surface area (Å²) in [7, 11) is -3.62. The molecule has 152 valence electrons. The molecule has 0 saturated carbocycles.